The molecule has 2 saturated heterocycles. The molecule has 2 unspecified atom stereocenters. The third-order valence-electron chi connectivity index (χ3n) is 3.66. The molecule has 0 spiro atoms. The smallest absolute Gasteiger partial charge is 0.227 e. The number of anilines is 1. The first-order chi connectivity index (χ1) is 8.89. The summed E-state index contributed by atoms with van der Waals surface area (Å²) < 4.78 is 23.4. The van der Waals surface area contributed by atoms with E-state index in [9.17, 15) is 13.2 Å². The van der Waals surface area contributed by atoms with Crippen molar-refractivity contribution in [3.05, 3.63) is 28.2 Å². The molecule has 7 heteroatoms. The van der Waals surface area contributed by atoms with Crippen molar-refractivity contribution in [3.63, 3.8) is 0 Å². The minimum Gasteiger partial charge on any atom is -0.306 e. The maximum atomic E-state index is 12.1. The van der Waals surface area contributed by atoms with Crippen LogP contribution >= 0.6 is 23.2 Å². The lowest BCUT2D eigenvalue weighted by molar-refractivity contribution is -0.117. The van der Waals surface area contributed by atoms with E-state index < -0.39 is 9.84 Å². The number of hydrogen-bond donors (Lipinski definition) is 0. The normalized spacial score (nSPS) is 28.7. The number of amides is 1. The van der Waals surface area contributed by atoms with E-state index in [1.54, 1.807) is 18.2 Å². The van der Waals surface area contributed by atoms with Gasteiger partial charge in [0, 0.05) is 12.3 Å². The predicted octanol–water partition coefficient (Wildman–Crippen LogP) is 2.14. The molecule has 3 rings (SSSR count). The second-order valence-electron chi connectivity index (χ2n) is 4.95. The fraction of sp³-hybridized carbons (Fsp3) is 0.417. The van der Waals surface area contributed by atoms with Gasteiger partial charge in [-0.1, -0.05) is 29.3 Å². The van der Waals surface area contributed by atoms with Crippen LogP contribution in [-0.4, -0.2) is 31.9 Å². The summed E-state index contributed by atoms with van der Waals surface area (Å²) in [4.78, 5) is 13.6. The van der Waals surface area contributed by atoms with Gasteiger partial charge in [-0.3, -0.25) is 4.79 Å². The van der Waals surface area contributed by atoms with Crippen molar-refractivity contribution in [2.75, 3.05) is 16.4 Å². The first kappa shape index (κ1) is 13.2. The van der Waals surface area contributed by atoms with E-state index in [4.69, 9.17) is 23.2 Å². The van der Waals surface area contributed by atoms with Gasteiger partial charge in [-0.2, -0.15) is 0 Å². The minimum absolute atomic E-state index is 0.00620. The first-order valence-corrected chi connectivity index (χ1v) is 8.43. The Bertz CT molecular complexity index is 659. The summed E-state index contributed by atoms with van der Waals surface area (Å²) in [6, 6.07) is 4.72. The summed E-state index contributed by atoms with van der Waals surface area (Å²) in [6.07, 6.45) is 0.257. The van der Waals surface area contributed by atoms with Gasteiger partial charge >= 0.3 is 0 Å². The van der Waals surface area contributed by atoms with Crippen LogP contribution in [0.2, 0.25) is 10.0 Å². The van der Waals surface area contributed by atoms with Gasteiger partial charge in [-0.25, -0.2) is 8.42 Å². The second kappa shape index (κ2) is 4.36. The summed E-state index contributed by atoms with van der Waals surface area (Å²) in [5, 5.41) is 0.652. The van der Waals surface area contributed by atoms with E-state index in [2.05, 4.69) is 0 Å². The summed E-state index contributed by atoms with van der Waals surface area (Å²) in [5.74, 6) is -0.133. The molecule has 2 fully saturated rings. The van der Waals surface area contributed by atoms with Gasteiger partial charge < -0.3 is 4.90 Å². The molecule has 0 saturated carbocycles. The number of sulfone groups is 1. The maximum absolute atomic E-state index is 12.1. The molecule has 0 bridgehead atoms. The molecular formula is C12H11Cl2NO3S. The van der Waals surface area contributed by atoms with Crippen LogP contribution in [0.3, 0.4) is 0 Å². The van der Waals surface area contributed by atoms with E-state index in [0.717, 1.165) is 0 Å². The van der Waals surface area contributed by atoms with E-state index in [0.29, 0.717) is 15.7 Å². The first-order valence-electron chi connectivity index (χ1n) is 5.85. The molecule has 0 aliphatic carbocycles. The fourth-order valence-corrected chi connectivity index (χ4v) is 5.34. The molecule has 0 aromatic heterocycles. The van der Waals surface area contributed by atoms with Crippen LogP contribution in [0, 0.1) is 5.92 Å². The fourth-order valence-electron chi connectivity index (χ4n) is 2.88. The van der Waals surface area contributed by atoms with Crippen molar-refractivity contribution in [3.8, 4) is 0 Å². The monoisotopic (exact) mass is 319 g/mol. The molecule has 2 aliphatic rings. The SMILES string of the molecule is O=C1CC2CS(=O)(=O)CC2N1c1cccc(Cl)c1Cl. The Labute approximate surface area is 121 Å². The lowest BCUT2D eigenvalue weighted by Crippen LogP contribution is -2.36. The second-order valence-corrected chi connectivity index (χ2v) is 7.88. The highest BCUT2D eigenvalue weighted by molar-refractivity contribution is 7.91. The molecule has 2 heterocycles. The quantitative estimate of drug-likeness (QED) is 0.797. The topological polar surface area (TPSA) is 54.5 Å². The Morgan fingerprint density at radius 3 is 2.68 bits per heavy atom. The zero-order chi connectivity index (χ0) is 13.8. The number of hydrogen-bond acceptors (Lipinski definition) is 3. The van der Waals surface area contributed by atoms with Crippen LogP contribution in [0.4, 0.5) is 5.69 Å². The molecule has 102 valence electrons. The Kier molecular flexibility index (Phi) is 3.04. The molecule has 0 N–H and O–H groups in total. The van der Waals surface area contributed by atoms with Gasteiger partial charge in [-0.05, 0) is 12.1 Å². The number of carbonyl (C=O) groups is 1. The van der Waals surface area contributed by atoms with Crippen LogP contribution in [0.15, 0.2) is 18.2 Å². The zero-order valence-electron chi connectivity index (χ0n) is 9.84. The number of halogens is 2. The molecule has 1 aromatic carbocycles. The average molecular weight is 320 g/mol. The molecule has 2 aliphatic heterocycles. The highest BCUT2D eigenvalue weighted by atomic mass is 35.5. The highest BCUT2D eigenvalue weighted by Crippen LogP contribution is 2.41. The van der Waals surface area contributed by atoms with Crippen molar-refractivity contribution >= 4 is 44.6 Å². The molecule has 1 amide bonds. The van der Waals surface area contributed by atoms with Gasteiger partial charge in [0.1, 0.15) is 0 Å². The zero-order valence-corrected chi connectivity index (χ0v) is 12.2. The molecular weight excluding hydrogens is 309 g/mol. The van der Waals surface area contributed by atoms with Crippen LogP contribution in [0.25, 0.3) is 0 Å². The molecule has 4 nitrogen and oxygen atoms in total. The Morgan fingerprint density at radius 1 is 1.21 bits per heavy atom. The van der Waals surface area contributed by atoms with Crippen molar-refractivity contribution in [1.29, 1.82) is 0 Å². The summed E-state index contributed by atoms with van der Waals surface area (Å²) in [5.41, 5.74) is 0.503. The van der Waals surface area contributed by atoms with Crippen molar-refractivity contribution in [2.24, 2.45) is 5.92 Å². The van der Waals surface area contributed by atoms with Gasteiger partial charge in [0.25, 0.3) is 0 Å². The number of benzene rings is 1. The van der Waals surface area contributed by atoms with Crippen LogP contribution in [0.1, 0.15) is 6.42 Å². The standard InChI is InChI=1S/C12H11Cl2NO3S/c13-8-2-1-3-9(12(8)14)15-10-6-19(17,18)5-7(10)4-11(15)16/h1-3,7,10H,4-6H2. The Balaban J connectivity index is 2.05. The molecule has 1 aromatic rings. The van der Waals surface area contributed by atoms with Crippen molar-refractivity contribution in [2.45, 2.75) is 12.5 Å². The van der Waals surface area contributed by atoms with Crippen LogP contribution in [0.5, 0.6) is 0 Å². The van der Waals surface area contributed by atoms with E-state index in [1.807, 2.05) is 0 Å². The lowest BCUT2D eigenvalue weighted by Gasteiger charge is -2.24. The number of fused-ring (bicyclic) bond motifs is 1. The van der Waals surface area contributed by atoms with Crippen molar-refractivity contribution in [1.82, 2.24) is 0 Å². The third kappa shape index (κ3) is 2.14. The number of carbonyl (C=O) groups excluding carboxylic acids is 1. The van der Waals surface area contributed by atoms with Gasteiger partial charge in [0.2, 0.25) is 5.91 Å². The molecule has 2 atom stereocenters. The maximum Gasteiger partial charge on any atom is 0.227 e. The van der Waals surface area contributed by atoms with Crippen LogP contribution in [-0.2, 0) is 14.6 Å². The predicted molar refractivity (Wildman–Crippen MR) is 74.5 cm³/mol. The summed E-state index contributed by atoms with van der Waals surface area (Å²) in [7, 11) is -3.06. The third-order valence-corrected chi connectivity index (χ3v) is 6.26. The van der Waals surface area contributed by atoms with E-state index >= 15 is 0 Å². The molecule has 19 heavy (non-hydrogen) atoms. The van der Waals surface area contributed by atoms with E-state index in [1.165, 1.54) is 4.90 Å². The summed E-state index contributed by atoms with van der Waals surface area (Å²) in [6.45, 7) is 0. The van der Waals surface area contributed by atoms with Gasteiger partial charge in [0.05, 0.1) is 33.3 Å². The van der Waals surface area contributed by atoms with Gasteiger partial charge in [0.15, 0.2) is 9.84 Å². The summed E-state index contributed by atoms with van der Waals surface area (Å²) >= 11 is 12.1. The van der Waals surface area contributed by atoms with Gasteiger partial charge in [-0.15, -0.1) is 0 Å². The highest BCUT2D eigenvalue weighted by Gasteiger charge is 2.49. The van der Waals surface area contributed by atoms with E-state index in [-0.39, 0.29) is 35.8 Å². The molecule has 0 radical (unpaired) electrons. The Morgan fingerprint density at radius 2 is 1.95 bits per heavy atom. The number of nitrogens with zero attached hydrogens (tertiary/aromatic N) is 1. The lowest BCUT2D eigenvalue weighted by atomic mass is 10.0. The van der Waals surface area contributed by atoms with Crippen LogP contribution < -0.4 is 4.90 Å². The largest absolute Gasteiger partial charge is 0.306 e. The number of rotatable bonds is 1. The average Bonchev–Trinajstić information content (AvgIpc) is 2.73. The van der Waals surface area contributed by atoms with Crippen molar-refractivity contribution < 1.29 is 13.2 Å². The minimum atomic E-state index is -3.06. The Hall–Kier alpha value is -0.780.